The lowest BCUT2D eigenvalue weighted by molar-refractivity contribution is -0.135. The van der Waals surface area contributed by atoms with Crippen molar-refractivity contribution in [3.05, 3.63) is 70.0 Å². The first kappa shape index (κ1) is 18.0. The van der Waals surface area contributed by atoms with Gasteiger partial charge < -0.3 is 4.90 Å². The van der Waals surface area contributed by atoms with Crippen molar-refractivity contribution in [3.63, 3.8) is 0 Å². The highest BCUT2D eigenvalue weighted by atomic mass is 32.1. The molecule has 1 aliphatic rings. The van der Waals surface area contributed by atoms with E-state index in [0.29, 0.717) is 10.9 Å². The molecule has 0 radical (unpaired) electrons. The standard InChI is InChI=1S/C22H20N4O2S/c27-19-13-23-26(17-9-3-1-7-15(17)19)14-21(28)25-12-6-5-10-18(25)22-24-16-8-2-4-11-20(16)29-22/h1-4,7-9,11,13,18H,5-6,10,12,14H2/t18-/m1/s1. The fourth-order valence-electron chi connectivity index (χ4n) is 4.03. The zero-order valence-electron chi connectivity index (χ0n) is 15.8. The highest BCUT2D eigenvalue weighted by molar-refractivity contribution is 7.18. The largest absolute Gasteiger partial charge is 0.332 e. The summed E-state index contributed by atoms with van der Waals surface area (Å²) in [4.78, 5) is 32.1. The molecule has 0 bridgehead atoms. The van der Waals surface area contributed by atoms with Crippen molar-refractivity contribution in [2.24, 2.45) is 0 Å². The van der Waals surface area contributed by atoms with Crippen molar-refractivity contribution in [3.8, 4) is 0 Å². The Kier molecular flexibility index (Phi) is 4.60. The van der Waals surface area contributed by atoms with E-state index < -0.39 is 0 Å². The number of carbonyl (C=O) groups excluding carboxylic acids is 1. The van der Waals surface area contributed by atoms with Crippen LogP contribution in [0.15, 0.2) is 59.5 Å². The van der Waals surface area contributed by atoms with Gasteiger partial charge in [0.1, 0.15) is 11.6 Å². The Morgan fingerprint density at radius 2 is 1.93 bits per heavy atom. The van der Waals surface area contributed by atoms with Crippen molar-refractivity contribution in [2.75, 3.05) is 6.54 Å². The van der Waals surface area contributed by atoms with Crippen molar-refractivity contribution in [1.82, 2.24) is 19.7 Å². The van der Waals surface area contributed by atoms with Crippen LogP contribution in [-0.4, -0.2) is 32.1 Å². The van der Waals surface area contributed by atoms with E-state index in [0.717, 1.165) is 41.0 Å². The van der Waals surface area contributed by atoms with Crippen LogP contribution in [0.3, 0.4) is 0 Å². The summed E-state index contributed by atoms with van der Waals surface area (Å²) in [5, 5.41) is 5.79. The summed E-state index contributed by atoms with van der Waals surface area (Å²) in [7, 11) is 0. The second kappa shape index (κ2) is 7.40. The maximum Gasteiger partial charge on any atom is 0.244 e. The molecular weight excluding hydrogens is 384 g/mol. The number of rotatable bonds is 3. The normalized spacial score (nSPS) is 17.1. The number of para-hydroxylation sites is 2. The molecule has 2 aromatic carbocycles. The van der Waals surface area contributed by atoms with Crippen LogP contribution in [0, 0.1) is 0 Å². The van der Waals surface area contributed by atoms with Crippen LogP contribution in [0.25, 0.3) is 21.1 Å². The van der Waals surface area contributed by atoms with Crippen LogP contribution in [-0.2, 0) is 11.3 Å². The monoisotopic (exact) mass is 404 g/mol. The zero-order chi connectivity index (χ0) is 19.8. The fraction of sp³-hybridized carbons (Fsp3) is 0.273. The number of piperidine rings is 1. The molecule has 1 saturated heterocycles. The van der Waals surface area contributed by atoms with E-state index in [9.17, 15) is 9.59 Å². The number of carbonyl (C=O) groups is 1. The molecule has 146 valence electrons. The summed E-state index contributed by atoms with van der Waals surface area (Å²) in [6, 6.07) is 15.4. The lowest BCUT2D eigenvalue weighted by Gasteiger charge is -2.34. The molecule has 1 aliphatic heterocycles. The quantitative estimate of drug-likeness (QED) is 0.521. The molecule has 3 heterocycles. The molecule has 6 nitrogen and oxygen atoms in total. The second-order valence-corrected chi connectivity index (χ2v) is 8.36. The fourth-order valence-corrected chi connectivity index (χ4v) is 5.14. The molecule has 0 unspecified atom stereocenters. The minimum Gasteiger partial charge on any atom is -0.332 e. The molecule has 0 saturated carbocycles. The van der Waals surface area contributed by atoms with Crippen LogP contribution in [0.4, 0.5) is 0 Å². The average Bonchev–Trinajstić information content (AvgIpc) is 3.20. The first-order valence-electron chi connectivity index (χ1n) is 9.80. The number of fused-ring (bicyclic) bond motifs is 2. The third-order valence-corrected chi connectivity index (χ3v) is 6.60. The second-order valence-electron chi connectivity index (χ2n) is 7.30. The van der Waals surface area contributed by atoms with Gasteiger partial charge in [-0.15, -0.1) is 11.3 Å². The van der Waals surface area contributed by atoms with Gasteiger partial charge in [-0.05, 0) is 43.5 Å². The topological polar surface area (TPSA) is 68.1 Å². The van der Waals surface area contributed by atoms with Gasteiger partial charge in [0.25, 0.3) is 0 Å². The van der Waals surface area contributed by atoms with Gasteiger partial charge in [-0.2, -0.15) is 5.10 Å². The predicted octanol–water partition coefficient (Wildman–Crippen LogP) is 3.76. The summed E-state index contributed by atoms with van der Waals surface area (Å²) >= 11 is 1.67. The molecule has 5 rings (SSSR count). The van der Waals surface area contributed by atoms with Crippen molar-refractivity contribution < 1.29 is 4.79 Å². The molecule has 29 heavy (non-hydrogen) atoms. The molecule has 7 heteroatoms. The SMILES string of the molecule is O=C(Cn1ncc(=O)c2ccccc21)N1CCCC[C@@H]1c1nc2ccccc2s1. The highest BCUT2D eigenvalue weighted by Gasteiger charge is 2.30. The van der Waals surface area contributed by atoms with Crippen LogP contribution in [0.5, 0.6) is 0 Å². The molecule has 2 aromatic heterocycles. The number of nitrogens with zero attached hydrogens (tertiary/aromatic N) is 4. The maximum atomic E-state index is 13.3. The Balaban J connectivity index is 1.46. The molecule has 1 fully saturated rings. The van der Waals surface area contributed by atoms with E-state index in [4.69, 9.17) is 4.98 Å². The summed E-state index contributed by atoms with van der Waals surface area (Å²) < 4.78 is 2.77. The smallest absolute Gasteiger partial charge is 0.244 e. The van der Waals surface area contributed by atoms with Crippen LogP contribution >= 0.6 is 11.3 Å². The molecule has 1 amide bonds. The van der Waals surface area contributed by atoms with E-state index in [-0.39, 0.29) is 23.9 Å². The number of likely N-dealkylation sites (tertiary alicyclic amines) is 1. The number of hydrogen-bond donors (Lipinski definition) is 0. The number of amides is 1. The predicted molar refractivity (Wildman–Crippen MR) is 114 cm³/mol. The van der Waals surface area contributed by atoms with Gasteiger partial charge in [0, 0.05) is 11.9 Å². The van der Waals surface area contributed by atoms with E-state index >= 15 is 0 Å². The van der Waals surface area contributed by atoms with Gasteiger partial charge in [0.2, 0.25) is 11.3 Å². The summed E-state index contributed by atoms with van der Waals surface area (Å²) in [5.74, 6) is 0.00950. The van der Waals surface area contributed by atoms with E-state index in [1.165, 1.54) is 6.20 Å². The first-order valence-corrected chi connectivity index (χ1v) is 10.6. The highest BCUT2D eigenvalue weighted by Crippen LogP contribution is 2.35. The zero-order valence-corrected chi connectivity index (χ0v) is 16.6. The van der Waals surface area contributed by atoms with E-state index in [1.807, 2.05) is 41.3 Å². The van der Waals surface area contributed by atoms with Crippen LogP contribution in [0.2, 0.25) is 0 Å². The Hall–Kier alpha value is -3.06. The third-order valence-electron chi connectivity index (χ3n) is 5.47. The van der Waals surface area contributed by atoms with Gasteiger partial charge in [-0.25, -0.2) is 4.98 Å². The van der Waals surface area contributed by atoms with Gasteiger partial charge in [0.05, 0.1) is 28.0 Å². The Morgan fingerprint density at radius 3 is 2.83 bits per heavy atom. The maximum absolute atomic E-state index is 13.3. The minimum absolute atomic E-state index is 0.000652. The minimum atomic E-state index is -0.130. The Bertz CT molecular complexity index is 1230. The van der Waals surface area contributed by atoms with Gasteiger partial charge in [-0.3, -0.25) is 14.3 Å². The van der Waals surface area contributed by atoms with Gasteiger partial charge in [-0.1, -0.05) is 24.3 Å². The lowest BCUT2D eigenvalue weighted by Crippen LogP contribution is -2.40. The average molecular weight is 404 g/mol. The van der Waals surface area contributed by atoms with Crippen molar-refractivity contribution in [1.29, 1.82) is 0 Å². The number of aromatic nitrogens is 3. The molecule has 0 aliphatic carbocycles. The lowest BCUT2D eigenvalue weighted by atomic mass is 10.0. The van der Waals surface area contributed by atoms with Crippen LogP contribution < -0.4 is 5.43 Å². The summed E-state index contributed by atoms with van der Waals surface area (Å²) in [5.41, 5.74) is 1.54. The molecule has 1 atom stereocenters. The molecule has 4 aromatic rings. The number of thiazole rings is 1. The Morgan fingerprint density at radius 1 is 1.10 bits per heavy atom. The molecular formula is C22H20N4O2S. The summed E-state index contributed by atoms with van der Waals surface area (Å²) in [6.07, 6.45) is 4.29. The van der Waals surface area contributed by atoms with Crippen molar-refractivity contribution in [2.45, 2.75) is 31.8 Å². The summed E-state index contributed by atoms with van der Waals surface area (Å²) in [6.45, 7) is 0.833. The van der Waals surface area contributed by atoms with Crippen LogP contribution in [0.1, 0.15) is 30.3 Å². The number of hydrogen-bond acceptors (Lipinski definition) is 5. The Labute approximate surface area is 171 Å². The number of benzene rings is 2. The van der Waals surface area contributed by atoms with Gasteiger partial charge in [0.15, 0.2) is 0 Å². The molecule has 0 spiro atoms. The molecule has 0 N–H and O–H groups in total. The van der Waals surface area contributed by atoms with E-state index in [1.54, 1.807) is 22.1 Å². The first-order chi connectivity index (χ1) is 14.2. The van der Waals surface area contributed by atoms with Gasteiger partial charge >= 0.3 is 0 Å². The third kappa shape index (κ3) is 3.31. The van der Waals surface area contributed by atoms with E-state index in [2.05, 4.69) is 11.2 Å². The van der Waals surface area contributed by atoms with Crippen molar-refractivity contribution >= 4 is 38.4 Å².